The van der Waals surface area contributed by atoms with Crippen molar-refractivity contribution in [3.8, 4) is 0 Å². The van der Waals surface area contributed by atoms with Crippen LogP contribution in [0.25, 0.3) is 0 Å². The van der Waals surface area contributed by atoms with Crippen LogP contribution in [0, 0.1) is 0 Å². The van der Waals surface area contributed by atoms with Crippen molar-refractivity contribution in [2.24, 2.45) is 0 Å². The van der Waals surface area contributed by atoms with Crippen LogP contribution in [0.1, 0.15) is 30.1 Å². The van der Waals surface area contributed by atoms with Gasteiger partial charge in [-0.1, -0.05) is 13.3 Å². The van der Waals surface area contributed by atoms with Gasteiger partial charge in [0.05, 0.1) is 10.9 Å². The molecule has 1 fully saturated rings. The summed E-state index contributed by atoms with van der Waals surface area (Å²) in [5, 5.41) is 9.21. The van der Waals surface area contributed by atoms with Crippen LogP contribution in [0.15, 0.2) is 22.9 Å². The molecule has 2 heterocycles. The summed E-state index contributed by atoms with van der Waals surface area (Å²) >= 11 is 4.75. The summed E-state index contributed by atoms with van der Waals surface area (Å²) < 4.78 is 0.643. The van der Waals surface area contributed by atoms with Crippen molar-refractivity contribution in [3.63, 3.8) is 0 Å². The van der Waals surface area contributed by atoms with E-state index in [4.69, 9.17) is 0 Å². The van der Waals surface area contributed by atoms with E-state index in [-0.39, 0.29) is 11.3 Å². The fourth-order valence-corrected chi connectivity index (χ4v) is 3.89. The molecular weight excluding hydrogens is 344 g/mol. The summed E-state index contributed by atoms with van der Waals surface area (Å²) in [4.78, 5) is 29.4. The predicted octanol–water partition coefficient (Wildman–Crippen LogP) is 2.61. The van der Waals surface area contributed by atoms with Gasteiger partial charge in [-0.05, 0) is 34.5 Å². The number of hydrogen-bond acceptors (Lipinski definition) is 4. The lowest BCUT2D eigenvalue weighted by atomic mass is 10.2. The quantitative estimate of drug-likeness (QED) is 0.837. The molecule has 2 atom stereocenters. The van der Waals surface area contributed by atoms with E-state index in [1.54, 1.807) is 12.1 Å². The number of rotatable bonds is 4. The van der Waals surface area contributed by atoms with Gasteiger partial charge >= 0.3 is 5.97 Å². The minimum atomic E-state index is -0.950. The van der Waals surface area contributed by atoms with Crippen molar-refractivity contribution in [2.75, 3.05) is 5.75 Å². The number of aliphatic carboxylic acids is 1. The number of carboxylic acids is 1. The van der Waals surface area contributed by atoms with Crippen LogP contribution in [0.5, 0.6) is 0 Å². The van der Waals surface area contributed by atoms with E-state index in [9.17, 15) is 14.7 Å². The zero-order valence-electron chi connectivity index (χ0n) is 11.0. The molecule has 108 valence electrons. The van der Waals surface area contributed by atoms with Crippen LogP contribution in [0.3, 0.4) is 0 Å². The average Bonchev–Trinajstić information content (AvgIpc) is 2.83. The van der Waals surface area contributed by atoms with Gasteiger partial charge < -0.3 is 10.0 Å². The summed E-state index contributed by atoms with van der Waals surface area (Å²) in [5.74, 6) is -0.772. The van der Waals surface area contributed by atoms with E-state index in [1.807, 2.05) is 6.92 Å². The number of pyridine rings is 1. The number of carbonyl (C=O) groups is 2. The Morgan fingerprint density at radius 3 is 2.85 bits per heavy atom. The topological polar surface area (TPSA) is 70.5 Å². The van der Waals surface area contributed by atoms with Crippen molar-refractivity contribution in [1.29, 1.82) is 0 Å². The van der Waals surface area contributed by atoms with Gasteiger partial charge in [0.2, 0.25) is 0 Å². The third kappa shape index (κ3) is 3.15. The largest absolute Gasteiger partial charge is 0.480 e. The highest BCUT2D eigenvalue weighted by atomic mass is 79.9. The van der Waals surface area contributed by atoms with E-state index in [0.29, 0.717) is 15.9 Å². The van der Waals surface area contributed by atoms with Crippen LogP contribution < -0.4 is 0 Å². The van der Waals surface area contributed by atoms with Gasteiger partial charge in [0.15, 0.2) is 0 Å². The van der Waals surface area contributed by atoms with Crippen LogP contribution in [0.2, 0.25) is 0 Å². The first kappa shape index (κ1) is 15.3. The number of thioether (sulfide) groups is 1. The van der Waals surface area contributed by atoms with Crippen molar-refractivity contribution in [1.82, 2.24) is 9.88 Å². The molecule has 20 heavy (non-hydrogen) atoms. The average molecular weight is 359 g/mol. The maximum Gasteiger partial charge on any atom is 0.327 e. The third-order valence-electron chi connectivity index (χ3n) is 3.12. The molecule has 2 unspecified atom stereocenters. The molecule has 1 N–H and O–H groups in total. The molecule has 0 aromatic carbocycles. The van der Waals surface area contributed by atoms with Crippen LogP contribution in [-0.4, -0.2) is 44.0 Å². The molecule has 0 radical (unpaired) electrons. The van der Waals surface area contributed by atoms with Crippen molar-refractivity contribution >= 4 is 39.6 Å². The second-order valence-electron chi connectivity index (χ2n) is 4.51. The van der Waals surface area contributed by atoms with E-state index >= 15 is 0 Å². The highest BCUT2D eigenvalue weighted by Crippen LogP contribution is 2.33. The Morgan fingerprint density at radius 1 is 1.55 bits per heavy atom. The number of hydrogen-bond donors (Lipinski definition) is 1. The van der Waals surface area contributed by atoms with Gasteiger partial charge in [0.1, 0.15) is 10.6 Å². The molecular formula is C13H15BrN2O3S. The minimum Gasteiger partial charge on any atom is -0.480 e. The van der Waals surface area contributed by atoms with Crippen molar-refractivity contribution in [3.05, 3.63) is 28.5 Å². The standard InChI is InChI=1S/C13H15BrN2O3S/c1-2-3-11-16(9(7-20-11)13(18)19)12(17)8-4-5-10(14)15-6-8/h4-6,9,11H,2-3,7H2,1H3,(H,18,19). The second-order valence-corrected chi connectivity index (χ2v) is 6.54. The highest BCUT2D eigenvalue weighted by Gasteiger charge is 2.41. The molecule has 0 saturated carbocycles. The first-order valence-corrected chi connectivity index (χ1v) is 8.17. The first-order chi connectivity index (χ1) is 9.54. The molecule has 1 aromatic heterocycles. The summed E-state index contributed by atoms with van der Waals surface area (Å²) in [7, 11) is 0. The minimum absolute atomic E-state index is 0.0720. The maximum absolute atomic E-state index is 12.6. The van der Waals surface area contributed by atoms with Gasteiger partial charge in [0, 0.05) is 11.9 Å². The maximum atomic E-state index is 12.6. The Hall–Kier alpha value is -1.08. The Labute approximate surface area is 129 Å². The molecule has 0 spiro atoms. The smallest absolute Gasteiger partial charge is 0.327 e. The molecule has 0 aliphatic carbocycles. The number of halogens is 1. The van der Waals surface area contributed by atoms with Gasteiger partial charge in [0.25, 0.3) is 5.91 Å². The molecule has 2 rings (SSSR count). The van der Waals surface area contributed by atoms with E-state index in [1.165, 1.54) is 22.9 Å². The summed E-state index contributed by atoms with van der Waals surface area (Å²) in [6.07, 6.45) is 3.17. The van der Waals surface area contributed by atoms with E-state index in [0.717, 1.165) is 12.8 Å². The third-order valence-corrected chi connectivity index (χ3v) is 4.95. The normalized spacial score (nSPS) is 22.0. The predicted molar refractivity (Wildman–Crippen MR) is 80.7 cm³/mol. The first-order valence-electron chi connectivity index (χ1n) is 6.33. The molecule has 0 bridgehead atoms. The fraction of sp³-hybridized carbons (Fsp3) is 0.462. The number of carboxylic acid groups (broad SMARTS) is 1. The van der Waals surface area contributed by atoms with E-state index < -0.39 is 12.0 Å². The number of aromatic nitrogens is 1. The molecule has 5 nitrogen and oxygen atoms in total. The van der Waals surface area contributed by atoms with Gasteiger partial charge in [-0.2, -0.15) is 0 Å². The van der Waals surface area contributed by atoms with E-state index in [2.05, 4.69) is 20.9 Å². The molecule has 1 aliphatic heterocycles. The van der Waals surface area contributed by atoms with Gasteiger partial charge in [-0.25, -0.2) is 9.78 Å². The van der Waals surface area contributed by atoms with Crippen LogP contribution in [-0.2, 0) is 4.79 Å². The molecule has 1 aromatic rings. The lowest BCUT2D eigenvalue weighted by molar-refractivity contribution is -0.141. The molecule has 1 saturated heterocycles. The Morgan fingerprint density at radius 2 is 2.30 bits per heavy atom. The molecule has 1 aliphatic rings. The zero-order valence-corrected chi connectivity index (χ0v) is 13.4. The number of nitrogens with zero attached hydrogens (tertiary/aromatic N) is 2. The summed E-state index contributed by atoms with van der Waals surface area (Å²) in [6.45, 7) is 2.03. The second kappa shape index (κ2) is 6.58. The van der Waals surface area contributed by atoms with Crippen molar-refractivity contribution in [2.45, 2.75) is 31.2 Å². The van der Waals surface area contributed by atoms with Crippen LogP contribution in [0.4, 0.5) is 0 Å². The van der Waals surface area contributed by atoms with Gasteiger partial charge in [-0.3, -0.25) is 4.79 Å². The SMILES string of the molecule is CCCC1SCC(C(=O)O)N1C(=O)c1ccc(Br)nc1. The summed E-state index contributed by atoms with van der Waals surface area (Å²) in [5.41, 5.74) is 0.419. The lowest BCUT2D eigenvalue weighted by Gasteiger charge is -2.27. The Kier molecular flexibility index (Phi) is 5.04. The summed E-state index contributed by atoms with van der Waals surface area (Å²) in [6, 6.07) is 2.58. The fourth-order valence-electron chi connectivity index (χ4n) is 2.15. The highest BCUT2D eigenvalue weighted by molar-refractivity contribution is 9.10. The van der Waals surface area contributed by atoms with Crippen molar-refractivity contribution < 1.29 is 14.7 Å². The van der Waals surface area contributed by atoms with Gasteiger partial charge in [-0.15, -0.1) is 11.8 Å². The monoisotopic (exact) mass is 358 g/mol. The molecule has 1 amide bonds. The Balaban J connectivity index is 2.26. The molecule has 7 heteroatoms. The zero-order chi connectivity index (χ0) is 14.7. The number of carbonyl (C=O) groups excluding carboxylic acids is 1. The van der Waals surface area contributed by atoms with Crippen LogP contribution >= 0.6 is 27.7 Å². The Bertz CT molecular complexity index is 509. The number of amides is 1. The lowest BCUT2D eigenvalue weighted by Crippen LogP contribution is -2.45.